The van der Waals surface area contributed by atoms with Crippen molar-refractivity contribution in [3.8, 4) is 11.1 Å². The van der Waals surface area contributed by atoms with Gasteiger partial charge >= 0.3 is 0 Å². The molecule has 5 heteroatoms. The van der Waals surface area contributed by atoms with Crippen molar-refractivity contribution in [2.75, 3.05) is 0 Å². The van der Waals surface area contributed by atoms with Crippen LogP contribution in [0.1, 0.15) is 19.4 Å². The first-order valence-corrected chi connectivity index (χ1v) is 7.62. The molecule has 0 radical (unpaired) electrons. The highest BCUT2D eigenvalue weighted by Gasteiger charge is 2.21. The Morgan fingerprint density at radius 2 is 1.81 bits per heavy atom. The Morgan fingerprint density at radius 1 is 1.14 bits per heavy atom. The number of hydrogen-bond donors (Lipinski definition) is 2. The predicted octanol–water partition coefficient (Wildman–Crippen LogP) is 2.35. The lowest BCUT2D eigenvalue weighted by Crippen LogP contribution is -2.23. The third-order valence-electron chi connectivity index (χ3n) is 3.09. The van der Waals surface area contributed by atoms with Crippen LogP contribution in [0.15, 0.2) is 53.4 Å². The Hall–Kier alpha value is -1.82. The van der Waals surface area contributed by atoms with E-state index in [0.717, 1.165) is 11.1 Å². The van der Waals surface area contributed by atoms with Crippen LogP contribution < -0.4 is 4.72 Å². The molecule has 4 nitrogen and oxygen atoms in total. The minimum atomic E-state index is -1.64. The van der Waals surface area contributed by atoms with Gasteiger partial charge in [0.25, 0.3) is 0 Å². The summed E-state index contributed by atoms with van der Waals surface area (Å²) in [6.07, 6.45) is 0.398. The molecule has 0 bridgehead atoms. The minimum absolute atomic E-state index is 0.398. The second kappa shape index (κ2) is 6.30. The average molecular weight is 303 g/mol. The highest BCUT2D eigenvalue weighted by atomic mass is 32.2. The maximum absolute atomic E-state index is 12.0. The minimum Gasteiger partial charge on any atom is -0.588 e. The fourth-order valence-corrected chi connectivity index (χ4v) is 2.66. The molecule has 0 heterocycles. The standard InChI is InChI=1S/C16H17NO3S/c1-16(2,19)14-8-13(12-6-4-3-5-7-12)9-15(10-14)21(20)17-11-18/h3-11,19H,1-2H3,(H,17,18). The molecular formula is C16H17NO3S. The van der Waals surface area contributed by atoms with Crippen LogP contribution in [0.3, 0.4) is 0 Å². The second-order valence-corrected chi connectivity index (χ2v) is 6.42. The van der Waals surface area contributed by atoms with Crippen molar-refractivity contribution in [1.82, 2.24) is 4.72 Å². The molecule has 2 N–H and O–H groups in total. The summed E-state index contributed by atoms with van der Waals surface area (Å²) in [4.78, 5) is 10.9. The molecular weight excluding hydrogens is 286 g/mol. The van der Waals surface area contributed by atoms with Gasteiger partial charge in [-0.2, -0.15) is 4.72 Å². The van der Waals surface area contributed by atoms with Crippen molar-refractivity contribution in [2.24, 2.45) is 0 Å². The monoisotopic (exact) mass is 303 g/mol. The summed E-state index contributed by atoms with van der Waals surface area (Å²) >= 11 is -1.64. The molecule has 1 amide bonds. The lowest BCUT2D eigenvalue weighted by molar-refractivity contribution is -0.108. The molecule has 2 aromatic rings. The first-order valence-electron chi connectivity index (χ1n) is 6.47. The van der Waals surface area contributed by atoms with Crippen LogP contribution in [-0.4, -0.2) is 16.1 Å². The van der Waals surface area contributed by atoms with Gasteiger partial charge in [-0.3, -0.25) is 4.79 Å². The van der Waals surface area contributed by atoms with Crippen molar-refractivity contribution in [3.05, 3.63) is 54.1 Å². The van der Waals surface area contributed by atoms with E-state index in [-0.39, 0.29) is 0 Å². The molecule has 0 spiro atoms. The molecule has 2 rings (SSSR count). The van der Waals surface area contributed by atoms with Crippen LogP contribution in [0.4, 0.5) is 0 Å². The SMILES string of the molecule is CC(C)(O)c1cc(-c2ccccc2)cc([S+]([O-])NC=O)c1. The summed E-state index contributed by atoms with van der Waals surface area (Å²) in [5, 5.41) is 10.2. The Bertz CT molecular complexity index is 623. The van der Waals surface area contributed by atoms with E-state index in [4.69, 9.17) is 0 Å². The summed E-state index contributed by atoms with van der Waals surface area (Å²) in [6.45, 7) is 3.33. The zero-order valence-electron chi connectivity index (χ0n) is 11.9. The Kier molecular flexibility index (Phi) is 4.67. The molecule has 1 atom stereocenters. The predicted molar refractivity (Wildman–Crippen MR) is 82.7 cm³/mol. The topological polar surface area (TPSA) is 72.4 Å². The van der Waals surface area contributed by atoms with Gasteiger partial charge in [0, 0.05) is 12.1 Å². The van der Waals surface area contributed by atoms with Gasteiger partial charge in [0.05, 0.1) is 5.60 Å². The number of carbonyl (C=O) groups is 1. The van der Waals surface area contributed by atoms with Gasteiger partial charge in [-0.05, 0) is 36.6 Å². The van der Waals surface area contributed by atoms with Crippen molar-refractivity contribution < 1.29 is 14.5 Å². The van der Waals surface area contributed by atoms with Gasteiger partial charge in [-0.1, -0.05) is 30.3 Å². The fourth-order valence-electron chi connectivity index (χ4n) is 1.97. The van der Waals surface area contributed by atoms with Crippen LogP contribution in [0.2, 0.25) is 0 Å². The van der Waals surface area contributed by atoms with E-state index in [9.17, 15) is 14.5 Å². The maximum atomic E-state index is 12.0. The fraction of sp³-hybridized carbons (Fsp3) is 0.188. The number of amides is 1. The second-order valence-electron chi connectivity index (χ2n) is 5.18. The highest BCUT2D eigenvalue weighted by molar-refractivity contribution is 7.90. The molecule has 0 fully saturated rings. The van der Waals surface area contributed by atoms with E-state index >= 15 is 0 Å². The molecule has 0 aliphatic carbocycles. The summed E-state index contributed by atoms with van der Waals surface area (Å²) in [7, 11) is 0. The molecule has 1 unspecified atom stereocenters. The molecule has 0 saturated carbocycles. The first-order chi connectivity index (χ1) is 9.91. The zero-order chi connectivity index (χ0) is 15.5. The average Bonchev–Trinajstić information content (AvgIpc) is 2.47. The van der Waals surface area contributed by atoms with Crippen LogP contribution >= 0.6 is 0 Å². The quantitative estimate of drug-likeness (QED) is 0.658. The van der Waals surface area contributed by atoms with Crippen LogP contribution in [0.25, 0.3) is 11.1 Å². The molecule has 2 aromatic carbocycles. The van der Waals surface area contributed by atoms with E-state index in [1.54, 1.807) is 26.0 Å². The molecule has 0 aliphatic heterocycles. The Morgan fingerprint density at radius 3 is 2.38 bits per heavy atom. The van der Waals surface area contributed by atoms with Gasteiger partial charge in [0.2, 0.25) is 6.41 Å². The number of nitrogens with one attached hydrogen (secondary N) is 1. The van der Waals surface area contributed by atoms with Gasteiger partial charge in [-0.15, -0.1) is 0 Å². The first kappa shape index (κ1) is 15.6. The maximum Gasteiger partial charge on any atom is 0.249 e. The Labute approximate surface area is 127 Å². The number of benzene rings is 2. The lowest BCUT2D eigenvalue weighted by Gasteiger charge is -2.20. The Balaban J connectivity index is 2.55. The molecule has 0 aromatic heterocycles. The van der Waals surface area contributed by atoms with Crippen molar-refractivity contribution >= 4 is 17.8 Å². The van der Waals surface area contributed by atoms with Crippen LogP contribution in [0, 0.1) is 0 Å². The third kappa shape index (κ3) is 3.85. The van der Waals surface area contributed by atoms with E-state index in [1.165, 1.54) is 0 Å². The van der Waals surface area contributed by atoms with E-state index in [0.29, 0.717) is 16.9 Å². The summed E-state index contributed by atoms with van der Waals surface area (Å²) in [6, 6.07) is 14.8. The van der Waals surface area contributed by atoms with Crippen LogP contribution in [0.5, 0.6) is 0 Å². The van der Waals surface area contributed by atoms with Crippen molar-refractivity contribution in [2.45, 2.75) is 24.3 Å². The van der Waals surface area contributed by atoms with Crippen molar-refractivity contribution in [3.63, 3.8) is 0 Å². The number of aliphatic hydroxyl groups is 1. The van der Waals surface area contributed by atoms with Gasteiger partial charge in [-0.25, -0.2) is 0 Å². The molecule has 0 saturated heterocycles. The number of carbonyl (C=O) groups excluding carboxylic acids is 1. The van der Waals surface area contributed by atoms with Crippen molar-refractivity contribution in [1.29, 1.82) is 0 Å². The summed E-state index contributed by atoms with van der Waals surface area (Å²) in [5.41, 5.74) is 1.37. The lowest BCUT2D eigenvalue weighted by atomic mass is 9.94. The van der Waals surface area contributed by atoms with Gasteiger partial charge in [0.15, 0.2) is 4.90 Å². The summed E-state index contributed by atoms with van der Waals surface area (Å²) < 4.78 is 14.2. The third-order valence-corrected chi connectivity index (χ3v) is 4.06. The highest BCUT2D eigenvalue weighted by Crippen LogP contribution is 2.29. The molecule has 21 heavy (non-hydrogen) atoms. The number of rotatable bonds is 5. The molecule has 110 valence electrons. The zero-order valence-corrected chi connectivity index (χ0v) is 12.7. The smallest absolute Gasteiger partial charge is 0.249 e. The molecule has 0 aliphatic rings. The summed E-state index contributed by atoms with van der Waals surface area (Å²) in [5.74, 6) is 0. The largest absolute Gasteiger partial charge is 0.588 e. The van der Waals surface area contributed by atoms with E-state index in [2.05, 4.69) is 4.72 Å². The van der Waals surface area contributed by atoms with Gasteiger partial charge < -0.3 is 9.66 Å². The van der Waals surface area contributed by atoms with E-state index < -0.39 is 17.0 Å². The normalized spacial score (nSPS) is 12.8. The van der Waals surface area contributed by atoms with E-state index in [1.807, 2.05) is 36.4 Å². The van der Waals surface area contributed by atoms with Crippen LogP contribution in [-0.2, 0) is 21.8 Å². The number of hydrogen-bond acceptors (Lipinski definition) is 3. The van der Waals surface area contributed by atoms with Gasteiger partial charge in [0.1, 0.15) is 11.4 Å².